The molecule has 1 aromatic heterocycles. The van der Waals surface area contributed by atoms with E-state index in [1.165, 1.54) is 5.56 Å². The summed E-state index contributed by atoms with van der Waals surface area (Å²) in [5.41, 5.74) is 3.80. The Kier molecular flexibility index (Phi) is 2.89. The lowest BCUT2D eigenvalue weighted by molar-refractivity contribution is 0.0985. The van der Waals surface area contributed by atoms with E-state index in [1.54, 1.807) is 7.11 Å². The number of methoxy groups -OCH3 is 1. The van der Waals surface area contributed by atoms with Crippen molar-refractivity contribution in [1.82, 2.24) is 4.98 Å². The fourth-order valence-corrected chi connectivity index (χ4v) is 3.05. The van der Waals surface area contributed by atoms with Crippen molar-refractivity contribution in [2.45, 2.75) is 6.42 Å². The maximum atomic E-state index is 12.8. The van der Waals surface area contributed by atoms with Crippen molar-refractivity contribution in [3.8, 4) is 5.75 Å². The normalized spacial score (nSPS) is 13.4. The summed E-state index contributed by atoms with van der Waals surface area (Å²) < 4.78 is 5.23. The molecule has 0 bridgehead atoms. The van der Waals surface area contributed by atoms with Gasteiger partial charge >= 0.3 is 0 Å². The summed E-state index contributed by atoms with van der Waals surface area (Å²) in [6, 6.07) is 15.7. The van der Waals surface area contributed by atoms with Crippen LogP contribution in [0.1, 0.15) is 16.1 Å². The number of carbonyl (C=O) groups is 1. The van der Waals surface area contributed by atoms with Crippen molar-refractivity contribution in [1.29, 1.82) is 0 Å². The fraction of sp³-hybridized carbons (Fsp3) is 0.167. The highest BCUT2D eigenvalue weighted by molar-refractivity contribution is 6.08. The average molecular weight is 292 g/mol. The summed E-state index contributed by atoms with van der Waals surface area (Å²) in [6.45, 7) is 0.733. The Hall–Kier alpha value is -2.75. The third-order valence-electron chi connectivity index (χ3n) is 4.19. The van der Waals surface area contributed by atoms with Gasteiger partial charge in [0.05, 0.1) is 7.11 Å². The topological polar surface area (TPSA) is 45.3 Å². The average Bonchev–Trinajstić information content (AvgIpc) is 3.17. The van der Waals surface area contributed by atoms with Crippen LogP contribution in [0, 0.1) is 0 Å². The van der Waals surface area contributed by atoms with E-state index in [-0.39, 0.29) is 5.91 Å². The molecule has 0 atom stereocenters. The van der Waals surface area contributed by atoms with Gasteiger partial charge in [0, 0.05) is 23.1 Å². The quantitative estimate of drug-likeness (QED) is 0.787. The number of para-hydroxylation sites is 1. The third-order valence-corrected chi connectivity index (χ3v) is 4.19. The molecule has 4 heteroatoms. The molecule has 1 N–H and O–H groups in total. The molecule has 0 unspecified atom stereocenters. The molecule has 0 saturated carbocycles. The SMILES string of the molecule is COc1ccc2[nH]c(C(=O)N3CCc4ccccc43)cc2c1. The number of H-pyrrole nitrogens is 1. The number of nitrogens with zero attached hydrogens (tertiary/aromatic N) is 1. The Morgan fingerprint density at radius 2 is 2.05 bits per heavy atom. The second-order valence-electron chi connectivity index (χ2n) is 5.47. The molecule has 3 aromatic rings. The third kappa shape index (κ3) is 1.96. The highest BCUT2D eigenvalue weighted by Gasteiger charge is 2.26. The lowest BCUT2D eigenvalue weighted by atomic mass is 10.2. The second-order valence-corrected chi connectivity index (χ2v) is 5.47. The predicted molar refractivity (Wildman–Crippen MR) is 86.7 cm³/mol. The number of rotatable bonds is 2. The van der Waals surface area contributed by atoms with Gasteiger partial charge in [-0.25, -0.2) is 0 Å². The summed E-state index contributed by atoms with van der Waals surface area (Å²) in [4.78, 5) is 17.8. The van der Waals surface area contributed by atoms with Crippen LogP contribution in [-0.4, -0.2) is 24.5 Å². The first-order chi connectivity index (χ1) is 10.8. The van der Waals surface area contributed by atoms with Gasteiger partial charge in [-0.05, 0) is 42.3 Å². The summed E-state index contributed by atoms with van der Waals surface area (Å²) in [6.07, 6.45) is 0.913. The second kappa shape index (κ2) is 4.91. The molecule has 0 aliphatic carbocycles. The van der Waals surface area contributed by atoms with Crippen LogP contribution in [-0.2, 0) is 6.42 Å². The number of anilines is 1. The number of hydrogen-bond donors (Lipinski definition) is 1. The van der Waals surface area contributed by atoms with Crippen molar-refractivity contribution in [3.05, 3.63) is 59.8 Å². The molecule has 2 aromatic carbocycles. The molecule has 1 aliphatic rings. The maximum absolute atomic E-state index is 12.8. The van der Waals surface area contributed by atoms with Crippen LogP contribution >= 0.6 is 0 Å². The van der Waals surface area contributed by atoms with Crippen molar-refractivity contribution in [3.63, 3.8) is 0 Å². The summed E-state index contributed by atoms with van der Waals surface area (Å²) >= 11 is 0. The van der Waals surface area contributed by atoms with E-state index in [9.17, 15) is 4.79 Å². The van der Waals surface area contributed by atoms with E-state index in [1.807, 2.05) is 47.4 Å². The first-order valence-electron chi connectivity index (χ1n) is 7.33. The first-order valence-corrected chi connectivity index (χ1v) is 7.33. The Morgan fingerprint density at radius 1 is 1.18 bits per heavy atom. The first kappa shape index (κ1) is 13.0. The van der Waals surface area contributed by atoms with Gasteiger partial charge in [0.25, 0.3) is 5.91 Å². The van der Waals surface area contributed by atoms with Gasteiger partial charge in [0.15, 0.2) is 0 Å². The molecule has 4 nitrogen and oxygen atoms in total. The smallest absolute Gasteiger partial charge is 0.274 e. The number of benzene rings is 2. The number of amides is 1. The van der Waals surface area contributed by atoms with Gasteiger partial charge < -0.3 is 14.6 Å². The van der Waals surface area contributed by atoms with Crippen LogP contribution in [0.15, 0.2) is 48.5 Å². The lowest BCUT2D eigenvalue weighted by Gasteiger charge is -2.16. The standard InChI is InChI=1S/C18H16N2O2/c1-22-14-6-7-15-13(10-14)11-16(19-15)18(21)20-9-8-12-4-2-3-5-17(12)20/h2-7,10-11,19H,8-9H2,1H3. The van der Waals surface area contributed by atoms with Crippen molar-refractivity contribution in [2.24, 2.45) is 0 Å². The predicted octanol–water partition coefficient (Wildman–Crippen LogP) is 3.38. The van der Waals surface area contributed by atoms with Gasteiger partial charge in [0.1, 0.15) is 11.4 Å². The van der Waals surface area contributed by atoms with Crippen LogP contribution in [0.3, 0.4) is 0 Å². The number of ether oxygens (including phenoxy) is 1. The number of nitrogens with one attached hydrogen (secondary N) is 1. The number of fused-ring (bicyclic) bond motifs is 2. The number of aromatic nitrogens is 1. The van der Waals surface area contributed by atoms with Crippen LogP contribution in [0.4, 0.5) is 5.69 Å². The van der Waals surface area contributed by atoms with Crippen molar-refractivity contribution < 1.29 is 9.53 Å². The maximum Gasteiger partial charge on any atom is 0.274 e. The molecule has 0 fully saturated rings. The molecule has 0 spiro atoms. The zero-order valence-corrected chi connectivity index (χ0v) is 12.3. The summed E-state index contributed by atoms with van der Waals surface area (Å²) in [7, 11) is 1.64. The number of hydrogen-bond acceptors (Lipinski definition) is 2. The van der Waals surface area contributed by atoms with Crippen LogP contribution in [0.25, 0.3) is 10.9 Å². The Bertz CT molecular complexity index is 866. The van der Waals surface area contributed by atoms with E-state index in [0.29, 0.717) is 5.69 Å². The molecule has 4 rings (SSSR count). The van der Waals surface area contributed by atoms with E-state index in [2.05, 4.69) is 11.1 Å². The minimum Gasteiger partial charge on any atom is -0.497 e. The molecule has 22 heavy (non-hydrogen) atoms. The van der Waals surface area contributed by atoms with E-state index < -0.39 is 0 Å². The highest BCUT2D eigenvalue weighted by Crippen LogP contribution is 2.29. The van der Waals surface area contributed by atoms with Gasteiger partial charge in [-0.3, -0.25) is 4.79 Å². The van der Waals surface area contributed by atoms with Crippen LogP contribution < -0.4 is 9.64 Å². The summed E-state index contributed by atoms with van der Waals surface area (Å²) in [5, 5.41) is 0.982. The van der Waals surface area contributed by atoms with E-state index in [4.69, 9.17) is 4.74 Å². The zero-order chi connectivity index (χ0) is 15.1. The van der Waals surface area contributed by atoms with Gasteiger partial charge in [-0.15, -0.1) is 0 Å². The monoisotopic (exact) mass is 292 g/mol. The molecular weight excluding hydrogens is 276 g/mol. The Labute approximate surface area is 128 Å². The molecule has 2 heterocycles. The minimum atomic E-state index is 0.0140. The van der Waals surface area contributed by atoms with Crippen LogP contribution in [0.2, 0.25) is 0 Å². The Morgan fingerprint density at radius 3 is 2.91 bits per heavy atom. The Balaban J connectivity index is 1.72. The molecule has 1 amide bonds. The van der Waals surface area contributed by atoms with Crippen molar-refractivity contribution >= 4 is 22.5 Å². The van der Waals surface area contributed by atoms with Crippen molar-refractivity contribution in [2.75, 3.05) is 18.6 Å². The largest absolute Gasteiger partial charge is 0.497 e. The van der Waals surface area contributed by atoms with Crippen LogP contribution in [0.5, 0.6) is 5.75 Å². The molecule has 110 valence electrons. The number of carbonyl (C=O) groups excluding carboxylic acids is 1. The van der Waals surface area contributed by atoms with Gasteiger partial charge in [0.2, 0.25) is 0 Å². The van der Waals surface area contributed by atoms with E-state index in [0.717, 1.165) is 35.3 Å². The summed E-state index contributed by atoms with van der Waals surface area (Å²) in [5.74, 6) is 0.803. The fourth-order valence-electron chi connectivity index (χ4n) is 3.05. The molecular formula is C18H16N2O2. The zero-order valence-electron chi connectivity index (χ0n) is 12.3. The van der Waals surface area contributed by atoms with E-state index >= 15 is 0 Å². The van der Waals surface area contributed by atoms with Gasteiger partial charge in [-0.1, -0.05) is 18.2 Å². The molecule has 0 saturated heterocycles. The molecule has 0 radical (unpaired) electrons. The van der Waals surface area contributed by atoms with Gasteiger partial charge in [-0.2, -0.15) is 0 Å². The number of aromatic amines is 1. The molecule has 1 aliphatic heterocycles. The highest BCUT2D eigenvalue weighted by atomic mass is 16.5. The lowest BCUT2D eigenvalue weighted by Crippen LogP contribution is -2.29. The minimum absolute atomic E-state index is 0.0140.